The third kappa shape index (κ3) is 66.6. The zero-order valence-corrected chi connectivity index (χ0v) is 53.7. The van der Waals surface area contributed by atoms with Crippen LogP contribution in [0.5, 0.6) is 0 Å². The van der Waals surface area contributed by atoms with Crippen LogP contribution in [0, 0.1) is 0 Å². The Labute approximate surface area is 507 Å². The van der Waals surface area contributed by atoms with Crippen LogP contribution in [-0.4, -0.2) is 37.2 Å². The molecule has 0 saturated carbocycles. The van der Waals surface area contributed by atoms with E-state index in [-0.39, 0.29) is 31.1 Å². The fourth-order valence-electron chi connectivity index (χ4n) is 9.55. The van der Waals surface area contributed by atoms with Gasteiger partial charge in [0.05, 0.1) is 0 Å². The van der Waals surface area contributed by atoms with Crippen molar-refractivity contribution in [3.63, 3.8) is 0 Å². The van der Waals surface area contributed by atoms with Crippen LogP contribution in [0.15, 0.2) is 122 Å². The van der Waals surface area contributed by atoms with Gasteiger partial charge in [0, 0.05) is 19.3 Å². The van der Waals surface area contributed by atoms with E-state index in [0.717, 1.165) is 135 Å². The van der Waals surface area contributed by atoms with Crippen molar-refractivity contribution in [2.45, 2.75) is 329 Å². The van der Waals surface area contributed by atoms with Crippen molar-refractivity contribution in [3.05, 3.63) is 122 Å². The van der Waals surface area contributed by atoms with E-state index in [1.165, 1.54) is 148 Å². The van der Waals surface area contributed by atoms with Gasteiger partial charge in [0.25, 0.3) is 0 Å². The normalized spacial score (nSPS) is 12.9. The molecule has 82 heavy (non-hydrogen) atoms. The second-order valence-electron chi connectivity index (χ2n) is 22.7. The summed E-state index contributed by atoms with van der Waals surface area (Å²) in [6.07, 6.45) is 96.6. The van der Waals surface area contributed by atoms with Crippen molar-refractivity contribution in [2.24, 2.45) is 0 Å². The average Bonchev–Trinajstić information content (AvgIpc) is 3.48. The molecule has 0 aliphatic rings. The zero-order chi connectivity index (χ0) is 59.2. The summed E-state index contributed by atoms with van der Waals surface area (Å²) in [5.41, 5.74) is 0. The third-order valence-corrected chi connectivity index (χ3v) is 14.7. The molecule has 0 aromatic heterocycles. The molecule has 6 nitrogen and oxygen atoms in total. The van der Waals surface area contributed by atoms with E-state index in [0.29, 0.717) is 19.3 Å². The molecular weight excluding hydrogens is 1010 g/mol. The van der Waals surface area contributed by atoms with Gasteiger partial charge >= 0.3 is 17.9 Å². The van der Waals surface area contributed by atoms with Crippen LogP contribution in [0.25, 0.3) is 0 Å². The fourth-order valence-corrected chi connectivity index (χ4v) is 9.55. The molecule has 0 spiro atoms. The van der Waals surface area contributed by atoms with Gasteiger partial charge in [-0.2, -0.15) is 0 Å². The molecule has 0 radical (unpaired) electrons. The SMILES string of the molecule is CC/C=C\C/C=C\C/C=C\C/C=C\C/C=C\C/C=C\C/C=C\CCCCCCCC(=O)OC(COC(=O)CCCCCCCCCC)COC(=O)CCCCCCCCCCCCCCCC/C=C\C/C=C\C/C=C\CCCCCCC. The van der Waals surface area contributed by atoms with Gasteiger partial charge in [0.1, 0.15) is 13.2 Å². The predicted octanol–water partition coefficient (Wildman–Crippen LogP) is 23.9. The van der Waals surface area contributed by atoms with Gasteiger partial charge in [-0.25, -0.2) is 0 Å². The molecule has 0 saturated heterocycles. The van der Waals surface area contributed by atoms with Gasteiger partial charge in [-0.05, 0) is 116 Å². The zero-order valence-electron chi connectivity index (χ0n) is 53.7. The van der Waals surface area contributed by atoms with Crippen LogP contribution in [0.1, 0.15) is 323 Å². The highest BCUT2D eigenvalue weighted by molar-refractivity contribution is 5.71. The number of carbonyl (C=O) groups is 3. The highest BCUT2D eigenvalue weighted by Crippen LogP contribution is 2.16. The molecule has 0 bridgehead atoms. The Morgan fingerprint density at radius 3 is 0.744 bits per heavy atom. The largest absolute Gasteiger partial charge is 0.462 e. The number of carbonyl (C=O) groups excluding carboxylic acids is 3. The monoisotopic (exact) mass is 1140 g/mol. The Balaban J connectivity index is 4.20. The van der Waals surface area contributed by atoms with Crippen molar-refractivity contribution in [2.75, 3.05) is 13.2 Å². The van der Waals surface area contributed by atoms with E-state index >= 15 is 0 Å². The Kier molecular flexibility index (Phi) is 65.8. The summed E-state index contributed by atoms with van der Waals surface area (Å²) in [5, 5.41) is 0. The lowest BCUT2D eigenvalue weighted by atomic mass is 10.0. The second kappa shape index (κ2) is 69.3. The van der Waals surface area contributed by atoms with Crippen LogP contribution in [0.3, 0.4) is 0 Å². The maximum atomic E-state index is 12.9. The highest BCUT2D eigenvalue weighted by Gasteiger charge is 2.19. The highest BCUT2D eigenvalue weighted by atomic mass is 16.6. The Morgan fingerprint density at radius 2 is 0.476 bits per heavy atom. The summed E-state index contributed by atoms with van der Waals surface area (Å²) in [6, 6.07) is 0. The summed E-state index contributed by atoms with van der Waals surface area (Å²) in [6.45, 7) is 6.49. The molecule has 1 unspecified atom stereocenters. The number of rotatable bonds is 62. The van der Waals surface area contributed by atoms with Crippen molar-refractivity contribution >= 4 is 17.9 Å². The maximum Gasteiger partial charge on any atom is 0.306 e. The molecule has 0 aliphatic carbocycles. The van der Waals surface area contributed by atoms with Gasteiger partial charge in [0.15, 0.2) is 6.10 Å². The molecule has 0 fully saturated rings. The summed E-state index contributed by atoms with van der Waals surface area (Å²) in [5.74, 6) is -0.903. The molecule has 0 aromatic carbocycles. The minimum Gasteiger partial charge on any atom is -0.462 e. The quantitative estimate of drug-likeness (QED) is 0.0261. The summed E-state index contributed by atoms with van der Waals surface area (Å²) in [4.78, 5) is 38.2. The lowest BCUT2D eigenvalue weighted by Crippen LogP contribution is -2.30. The lowest BCUT2D eigenvalue weighted by molar-refractivity contribution is -0.167. The summed E-state index contributed by atoms with van der Waals surface area (Å²) >= 11 is 0. The van der Waals surface area contributed by atoms with E-state index in [2.05, 4.69) is 142 Å². The van der Waals surface area contributed by atoms with Gasteiger partial charge in [-0.3, -0.25) is 14.4 Å². The third-order valence-electron chi connectivity index (χ3n) is 14.7. The molecule has 1 atom stereocenters. The van der Waals surface area contributed by atoms with Gasteiger partial charge in [0.2, 0.25) is 0 Å². The van der Waals surface area contributed by atoms with E-state index < -0.39 is 6.10 Å². The van der Waals surface area contributed by atoms with E-state index in [1.54, 1.807) is 0 Å². The van der Waals surface area contributed by atoms with Crippen molar-refractivity contribution < 1.29 is 28.6 Å². The molecular formula is C76H128O6. The minimum atomic E-state index is -0.790. The van der Waals surface area contributed by atoms with Crippen LogP contribution in [-0.2, 0) is 28.6 Å². The first-order valence-corrected chi connectivity index (χ1v) is 34.5. The van der Waals surface area contributed by atoms with Gasteiger partial charge < -0.3 is 14.2 Å². The number of allylic oxidation sites excluding steroid dienone is 20. The van der Waals surface area contributed by atoms with Crippen molar-refractivity contribution in [1.29, 1.82) is 0 Å². The van der Waals surface area contributed by atoms with E-state index in [9.17, 15) is 14.4 Å². The van der Waals surface area contributed by atoms with Crippen LogP contribution in [0.4, 0.5) is 0 Å². The van der Waals surface area contributed by atoms with Crippen LogP contribution in [0.2, 0.25) is 0 Å². The summed E-state index contributed by atoms with van der Waals surface area (Å²) in [7, 11) is 0. The molecule has 0 aromatic rings. The molecule has 0 heterocycles. The molecule has 6 heteroatoms. The van der Waals surface area contributed by atoms with Crippen LogP contribution >= 0.6 is 0 Å². The number of unbranched alkanes of at least 4 members (excludes halogenated alkanes) is 31. The minimum absolute atomic E-state index is 0.0860. The Hall–Kier alpha value is -4.19. The van der Waals surface area contributed by atoms with E-state index in [4.69, 9.17) is 14.2 Å². The predicted molar refractivity (Wildman–Crippen MR) is 357 cm³/mol. The van der Waals surface area contributed by atoms with Crippen molar-refractivity contribution in [1.82, 2.24) is 0 Å². The number of esters is 3. The average molecular weight is 1140 g/mol. The first-order valence-electron chi connectivity index (χ1n) is 34.5. The summed E-state index contributed by atoms with van der Waals surface area (Å²) < 4.78 is 16.9. The number of hydrogen-bond donors (Lipinski definition) is 0. The van der Waals surface area contributed by atoms with Crippen molar-refractivity contribution in [3.8, 4) is 0 Å². The number of ether oxygens (including phenoxy) is 3. The fraction of sp³-hybridized carbons (Fsp3) is 0.697. The standard InChI is InChI=1S/C76H128O6/c1-4-7-10-13-16-19-21-23-25-27-29-31-33-35-37-38-40-41-43-45-47-49-51-53-55-57-60-63-66-69-75(78)81-72-73(71-80-74(77)68-65-62-59-18-15-12-9-6-3)82-76(79)70-67-64-61-58-56-54-52-50-48-46-44-42-39-36-34-32-30-28-26-24-22-20-17-14-11-8-5-2/h8,11,17,20-21,23-24,26-27,29-30,32-33,35-36,39,44,46,50,52,73H,4-7,9-10,12-16,18-19,22,25,28,31,34,37-38,40-43,45,47-49,51,53-72H2,1-3H3/b11-8-,20-17-,23-21-,26-24-,29-27-,32-30-,35-33-,39-36-,46-44-,52-50-. The van der Waals surface area contributed by atoms with Crippen LogP contribution < -0.4 is 0 Å². The Morgan fingerprint density at radius 1 is 0.256 bits per heavy atom. The molecule has 0 amide bonds. The molecule has 0 aliphatic heterocycles. The topological polar surface area (TPSA) is 78.9 Å². The molecule has 468 valence electrons. The number of hydrogen-bond acceptors (Lipinski definition) is 6. The Bertz CT molecular complexity index is 1690. The first kappa shape index (κ1) is 77.8. The molecule has 0 rings (SSSR count). The van der Waals surface area contributed by atoms with Gasteiger partial charge in [-0.15, -0.1) is 0 Å². The lowest BCUT2D eigenvalue weighted by Gasteiger charge is -2.18. The maximum absolute atomic E-state index is 12.9. The first-order chi connectivity index (χ1) is 40.5. The second-order valence-corrected chi connectivity index (χ2v) is 22.7. The molecule has 0 N–H and O–H groups in total. The van der Waals surface area contributed by atoms with E-state index in [1.807, 2.05) is 0 Å². The van der Waals surface area contributed by atoms with Gasteiger partial charge in [-0.1, -0.05) is 309 Å². The smallest absolute Gasteiger partial charge is 0.306 e.